The molecule has 0 fully saturated rings. The Morgan fingerprint density at radius 1 is 0.929 bits per heavy atom. The third-order valence-corrected chi connectivity index (χ3v) is 6.44. The molecule has 3 aromatic carbocycles. The lowest BCUT2D eigenvalue weighted by Gasteiger charge is -2.26. The van der Waals surface area contributed by atoms with Crippen LogP contribution >= 0.6 is 0 Å². The number of carboxylic acids is 1. The van der Waals surface area contributed by atoms with E-state index in [1.54, 1.807) is 60.5 Å². The molecule has 0 aliphatic heterocycles. The third kappa shape index (κ3) is 9.65. The smallest absolute Gasteiger partial charge is 0.319 e. The molecule has 0 atom stereocenters. The van der Waals surface area contributed by atoms with Gasteiger partial charge in [-0.2, -0.15) is 0 Å². The van der Waals surface area contributed by atoms with E-state index in [1.807, 2.05) is 31.2 Å². The summed E-state index contributed by atoms with van der Waals surface area (Å²) in [5.74, 6) is -0.894. The van der Waals surface area contributed by atoms with E-state index in [0.717, 1.165) is 11.3 Å². The molecule has 0 unspecified atom stereocenters. The van der Waals surface area contributed by atoms with Gasteiger partial charge in [0.05, 0.1) is 18.7 Å². The second-order valence-corrected chi connectivity index (χ2v) is 10.4. The zero-order chi connectivity index (χ0) is 30.6. The number of carbonyl (C=O) groups excluding carboxylic acids is 3. The maximum Gasteiger partial charge on any atom is 0.319 e. The Labute approximate surface area is 246 Å². The van der Waals surface area contributed by atoms with Crippen LogP contribution in [0, 0.1) is 12.8 Å². The molecule has 10 nitrogen and oxygen atoms in total. The number of likely N-dealkylation sites (N-methyl/N-ethyl adjacent to an activating group) is 1. The normalized spacial score (nSPS) is 10.6. The van der Waals surface area contributed by atoms with E-state index in [4.69, 9.17) is 9.84 Å². The molecular formula is C32H38N4O6. The van der Waals surface area contributed by atoms with E-state index in [-0.39, 0.29) is 31.4 Å². The van der Waals surface area contributed by atoms with Crippen molar-refractivity contribution in [1.29, 1.82) is 0 Å². The van der Waals surface area contributed by atoms with Crippen molar-refractivity contribution >= 4 is 40.9 Å². The summed E-state index contributed by atoms with van der Waals surface area (Å²) in [6.45, 7) is 5.92. The zero-order valence-corrected chi connectivity index (χ0v) is 24.4. The van der Waals surface area contributed by atoms with Gasteiger partial charge >= 0.3 is 12.0 Å². The summed E-state index contributed by atoms with van der Waals surface area (Å²) >= 11 is 0. The van der Waals surface area contributed by atoms with Crippen molar-refractivity contribution in [3.63, 3.8) is 0 Å². The first kappa shape index (κ1) is 31.7. The molecule has 3 rings (SSSR count). The molecule has 0 radical (unpaired) electrons. The molecule has 222 valence electrons. The fourth-order valence-electron chi connectivity index (χ4n) is 4.15. The van der Waals surface area contributed by atoms with Crippen LogP contribution in [0.4, 0.5) is 21.9 Å². The Kier molecular flexibility index (Phi) is 11.5. The van der Waals surface area contributed by atoms with Gasteiger partial charge in [-0.15, -0.1) is 0 Å². The molecule has 0 spiro atoms. The Bertz CT molecular complexity index is 1410. The number of carbonyl (C=O) groups is 4. The predicted octanol–water partition coefficient (Wildman–Crippen LogP) is 4.86. The molecule has 0 aliphatic carbocycles. The zero-order valence-electron chi connectivity index (χ0n) is 24.4. The molecule has 4 amide bonds. The summed E-state index contributed by atoms with van der Waals surface area (Å²) < 4.78 is 5.93. The number of hydrogen-bond donors (Lipinski definition) is 3. The van der Waals surface area contributed by atoms with Crippen LogP contribution in [0.5, 0.6) is 5.75 Å². The van der Waals surface area contributed by atoms with Gasteiger partial charge < -0.3 is 30.3 Å². The van der Waals surface area contributed by atoms with Gasteiger partial charge in [0.2, 0.25) is 5.91 Å². The third-order valence-electron chi connectivity index (χ3n) is 6.44. The number of ether oxygens (including phenoxy) is 1. The van der Waals surface area contributed by atoms with Crippen LogP contribution in [0.1, 0.15) is 31.4 Å². The quantitative estimate of drug-likeness (QED) is 0.267. The second-order valence-electron chi connectivity index (χ2n) is 10.4. The first-order chi connectivity index (χ1) is 20.0. The Balaban J connectivity index is 1.68. The summed E-state index contributed by atoms with van der Waals surface area (Å²) in [5.41, 5.74) is 3.24. The Morgan fingerprint density at radius 2 is 1.67 bits per heavy atom. The lowest BCUT2D eigenvalue weighted by atomic mass is 10.1. The summed E-state index contributed by atoms with van der Waals surface area (Å²) in [7, 11) is 1.68. The van der Waals surface area contributed by atoms with Gasteiger partial charge in [0.1, 0.15) is 5.75 Å². The monoisotopic (exact) mass is 574 g/mol. The van der Waals surface area contributed by atoms with Crippen molar-refractivity contribution in [3.8, 4) is 5.75 Å². The van der Waals surface area contributed by atoms with Crippen LogP contribution in [0.25, 0.3) is 0 Å². The molecule has 10 heteroatoms. The fourth-order valence-corrected chi connectivity index (χ4v) is 4.15. The summed E-state index contributed by atoms with van der Waals surface area (Å²) in [6.07, 6.45) is 0.535. The van der Waals surface area contributed by atoms with E-state index >= 15 is 0 Å². The van der Waals surface area contributed by atoms with Crippen molar-refractivity contribution in [2.45, 2.75) is 33.6 Å². The number of nitrogens with one attached hydrogen (secondary N) is 2. The number of carboxylic acid groups (broad SMARTS) is 1. The number of nitrogens with zero attached hydrogens (tertiary/aromatic N) is 2. The molecule has 0 aliphatic rings. The van der Waals surface area contributed by atoms with E-state index in [2.05, 4.69) is 24.5 Å². The van der Waals surface area contributed by atoms with Crippen LogP contribution in [0.3, 0.4) is 0 Å². The van der Waals surface area contributed by atoms with Crippen molar-refractivity contribution in [3.05, 3.63) is 83.9 Å². The van der Waals surface area contributed by atoms with Gasteiger partial charge in [-0.05, 0) is 66.8 Å². The second kappa shape index (κ2) is 15.2. The number of urea groups is 1. The Morgan fingerprint density at radius 3 is 2.38 bits per heavy atom. The number of amides is 4. The molecule has 0 aromatic heterocycles. The van der Waals surface area contributed by atoms with E-state index in [9.17, 15) is 19.2 Å². The molecule has 0 saturated carbocycles. The molecule has 0 heterocycles. The molecule has 0 bridgehead atoms. The molecule has 3 N–H and O–H groups in total. The first-order valence-electron chi connectivity index (χ1n) is 13.7. The molecular weight excluding hydrogens is 536 g/mol. The number of para-hydroxylation sites is 2. The highest BCUT2D eigenvalue weighted by atomic mass is 16.5. The van der Waals surface area contributed by atoms with Crippen molar-refractivity contribution in [2.24, 2.45) is 5.92 Å². The van der Waals surface area contributed by atoms with E-state index in [1.165, 1.54) is 4.90 Å². The SMILES string of the molecule is Cc1cccc(N(C)C(=O)COc2ccccc2N(CCC(C)C)C(=O)CNC(=O)Nc2cccc(CC(=O)O)c2)c1. The van der Waals surface area contributed by atoms with Crippen LogP contribution in [0.2, 0.25) is 0 Å². The summed E-state index contributed by atoms with van der Waals surface area (Å²) in [5, 5.41) is 14.2. The minimum atomic E-state index is -0.976. The van der Waals surface area contributed by atoms with Crippen LogP contribution in [0.15, 0.2) is 72.8 Å². The highest BCUT2D eigenvalue weighted by molar-refractivity contribution is 5.99. The highest BCUT2D eigenvalue weighted by Crippen LogP contribution is 2.29. The van der Waals surface area contributed by atoms with E-state index in [0.29, 0.717) is 41.6 Å². The number of rotatable bonds is 13. The predicted molar refractivity (Wildman–Crippen MR) is 163 cm³/mol. The van der Waals surface area contributed by atoms with Gasteiger partial charge in [0.25, 0.3) is 5.91 Å². The largest absolute Gasteiger partial charge is 0.482 e. The van der Waals surface area contributed by atoms with Crippen LogP contribution in [-0.4, -0.2) is 55.7 Å². The number of hydrogen-bond acceptors (Lipinski definition) is 5. The van der Waals surface area contributed by atoms with Gasteiger partial charge in [0.15, 0.2) is 6.61 Å². The van der Waals surface area contributed by atoms with Crippen molar-refractivity contribution < 1.29 is 29.0 Å². The van der Waals surface area contributed by atoms with Crippen molar-refractivity contribution in [2.75, 3.05) is 41.9 Å². The minimum Gasteiger partial charge on any atom is -0.482 e. The average Bonchev–Trinajstić information content (AvgIpc) is 2.94. The van der Waals surface area contributed by atoms with Crippen LogP contribution < -0.4 is 25.2 Å². The average molecular weight is 575 g/mol. The van der Waals surface area contributed by atoms with E-state index < -0.39 is 12.0 Å². The topological polar surface area (TPSA) is 128 Å². The lowest BCUT2D eigenvalue weighted by Crippen LogP contribution is -2.42. The Hall–Kier alpha value is -4.86. The summed E-state index contributed by atoms with van der Waals surface area (Å²) in [4.78, 5) is 52.9. The maximum atomic E-state index is 13.4. The van der Waals surface area contributed by atoms with Crippen molar-refractivity contribution in [1.82, 2.24) is 5.32 Å². The standard InChI is InChI=1S/C32H38N4O6/c1-22(2)15-16-36(29(37)20-33-32(41)34-25-11-8-10-24(18-25)19-31(39)40)27-13-5-6-14-28(27)42-21-30(38)35(4)26-12-7-9-23(3)17-26/h5-14,17-18,22H,15-16,19-21H2,1-4H3,(H,39,40)(H2,33,34,41). The van der Waals surface area contributed by atoms with Gasteiger partial charge in [-0.3, -0.25) is 14.4 Å². The number of aryl methyl sites for hydroxylation is 1. The van der Waals surface area contributed by atoms with Gasteiger partial charge in [-0.25, -0.2) is 4.79 Å². The molecule has 42 heavy (non-hydrogen) atoms. The number of aliphatic carboxylic acids is 1. The lowest BCUT2D eigenvalue weighted by molar-refractivity contribution is -0.136. The number of anilines is 3. The van der Waals surface area contributed by atoms with Gasteiger partial charge in [-0.1, -0.05) is 50.2 Å². The maximum absolute atomic E-state index is 13.4. The van der Waals surface area contributed by atoms with Crippen LogP contribution in [-0.2, 0) is 20.8 Å². The molecule has 3 aromatic rings. The molecule has 0 saturated heterocycles. The first-order valence-corrected chi connectivity index (χ1v) is 13.7. The highest BCUT2D eigenvalue weighted by Gasteiger charge is 2.21. The minimum absolute atomic E-state index is 0.171. The fraction of sp³-hybridized carbons (Fsp3) is 0.312. The summed E-state index contributed by atoms with van der Waals surface area (Å²) in [6, 6.07) is 20.5. The number of benzene rings is 3. The van der Waals surface area contributed by atoms with Gasteiger partial charge in [0, 0.05) is 25.0 Å².